The van der Waals surface area contributed by atoms with Crippen molar-refractivity contribution in [2.24, 2.45) is 19.8 Å². The second kappa shape index (κ2) is 7.44. The number of alkyl halides is 3. The number of amides is 2. The normalized spacial score (nSPS) is 11.8. The molecule has 0 aliphatic heterocycles. The number of anilines is 1. The average Bonchev–Trinajstić information content (AvgIpc) is 3.39. The molecule has 0 atom stereocenters. The number of primary amides is 1. The number of rotatable bonds is 4. The van der Waals surface area contributed by atoms with Crippen LogP contribution in [0.3, 0.4) is 0 Å². The third-order valence-electron chi connectivity index (χ3n) is 4.91. The van der Waals surface area contributed by atoms with Crippen molar-refractivity contribution in [2.75, 3.05) is 5.32 Å². The summed E-state index contributed by atoms with van der Waals surface area (Å²) in [6, 6.07) is 0.879. The number of thiophene rings is 1. The Hall–Kier alpha value is -3.74. The van der Waals surface area contributed by atoms with Crippen LogP contribution in [0.25, 0.3) is 21.3 Å². The molecule has 0 bridgehead atoms. The van der Waals surface area contributed by atoms with E-state index in [9.17, 15) is 22.8 Å². The minimum Gasteiger partial charge on any atom is -0.365 e. The molecule has 0 spiro atoms. The van der Waals surface area contributed by atoms with Crippen molar-refractivity contribution in [3.05, 3.63) is 46.5 Å². The van der Waals surface area contributed by atoms with Gasteiger partial charge in [0.15, 0.2) is 0 Å². The molecule has 0 aliphatic carbocycles. The van der Waals surface area contributed by atoms with Crippen LogP contribution >= 0.6 is 11.3 Å². The highest BCUT2D eigenvalue weighted by Crippen LogP contribution is 2.44. The molecular formula is C19H16F3N7O2S. The fraction of sp³-hybridized carbons (Fsp3) is 0.211. The van der Waals surface area contributed by atoms with Gasteiger partial charge in [0.05, 0.1) is 23.6 Å². The third kappa shape index (κ3) is 3.60. The number of fused-ring (bicyclic) bond motifs is 1. The lowest BCUT2D eigenvalue weighted by atomic mass is 10.0. The largest absolute Gasteiger partial charge is 0.433 e. The molecule has 0 fully saturated rings. The molecule has 0 saturated carbocycles. The Labute approximate surface area is 182 Å². The van der Waals surface area contributed by atoms with E-state index in [1.165, 1.54) is 28.0 Å². The smallest absolute Gasteiger partial charge is 0.365 e. The summed E-state index contributed by atoms with van der Waals surface area (Å²) in [4.78, 5) is 28.4. The molecule has 0 radical (unpaired) electrons. The molecule has 0 aliphatic rings. The highest BCUT2D eigenvalue weighted by atomic mass is 32.1. The Kier molecular flexibility index (Phi) is 5.00. The summed E-state index contributed by atoms with van der Waals surface area (Å²) in [5.74, 6) is -1.51. The molecular weight excluding hydrogens is 447 g/mol. The van der Waals surface area contributed by atoms with E-state index < -0.39 is 23.7 Å². The van der Waals surface area contributed by atoms with Crippen molar-refractivity contribution in [3.63, 3.8) is 0 Å². The van der Waals surface area contributed by atoms with Crippen LogP contribution in [0.5, 0.6) is 0 Å². The van der Waals surface area contributed by atoms with Crippen LogP contribution in [0.4, 0.5) is 18.9 Å². The lowest BCUT2D eigenvalue weighted by Crippen LogP contribution is -2.16. The Balaban J connectivity index is 2.02. The number of nitrogens with one attached hydrogen (secondary N) is 1. The quantitative estimate of drug-likeness (QED) is 0.482. The molecule has 3 N–H and O–H groups in total. The van der Waals surface area contributed by atoms with Crippen molar-refractivity contribution in [1.29, 1.82) is 0 Å². The number of nitrogens with zero attached hydrogens (tertiary/aromatic N) is 5. The molecule has 4 aromatic rings. The van der Waals surface area contributed by atoms with Crippen molar-refractivity contribution >= 4 is 39.1 Å². The van der Waals surface area contributed by atoms with E-state index in [2.05, 4.69) is 20.5 Å². The van der Waals surface area contributed by atoms with Crippen molar-refractivity contribution < 1.29 is 22.8 Å². The first kappa shape index (κ1) is 21.5. The number of carbonyl (C=O) groups is 2. The van der Waals surface area contributed by atoms with Crippen LogP contribution in [0.15, 0.2) is 24.7 Å². The minimum absolute atomic E-state index is 0.00849. The van der Waals surface area contributed by atoms with E-state index in [1.54, 1.807) is 21.0 Å². The summed E-state index contributed by atoms with van der Waals surface area (Å²) in [5, 5.41) is 10.8. The maximum atomic E-state index is 13.6. The van der Waals surface area contributed by atoms with Crippen LogP contribution < -0.4 is 11.1 Å². The monoisotopic (exact) mass is 463 g/mol. The summed E-state index contributed by atoms with van der Waals surface area (Å²) in [6.45, 7) is 1.69. The first-order chi connectivity index (χ1) is 15.0. The molecule has 0 aromatic carbocycles. The van der Waals surface area contributed by atoms with E-state index in [-0.39, 0.29) is 31.9 Å². The van der Waals surface area contributed by atoms with Crippen LogP contribution in [0.2, 0.25) is 0 Å². The first-order valence-corrected chi connectivity index (χ1v) is 9.92. The average molecular weight is 463 g/mol. The second-order valence-electron chi connectivity index (χ2n) is 7.03. The number of pyridine rings is 1. The van der Waals surface area contributed by atoms with Crippen LogP contribution in [0, 0.1) is 6.92 Å². The molecule has 32 heavy (non-hydrogen) atoms. The number of halogens is 3. The number of aryl methyl sites for hydroxylation is 2. The maximum Gasteiger partial charge on any atom is 0.433 e. The van der Waals surface area contributed by atoms with Gasteiger partial charge in [0.25, 0.3) is 11.8 Å². The molecule has 4 heterocycles. The van der Waals surface area contributed by atoms with Gasteiger partial charge in [0.2, 0.25) is 0 Å². The van der Waals surface area contributed by atoms with Gasteiger partial charge < -0.3 is 11.1 Å². The lowest BCUT2D eigenvalue weighted by Gasteiger charge is -2.12. The molecule has 2 amide bonds. The highest BCUT2D eigenvalue weighted by molar-refractivity contribution is 7.21. The fourth-order valence-corrected chi connectivity index (χ4v) is 4.24. The van der Waals surface area contributed by atoms with E-state index in [4.69, 9.17) is 5.73 Å². The van der Waals surface area contributed by atoms with E-state index >= 15 is 0 Å². The molecule has 0 saturated heterocycles. The zero-order chi connectivity index (χ0) is 23.4. The zero-order valence-electron chi connectivity index (χ0n) is 17.0. The fourth-order valence-electron chi connectivity index (χ4n) is 3.24. The standard InChI is InChI=1S/C19H16F3N7O2S/c1-8-11(6-25-29(8)3)10-4-12(19(20,21)22)26-18-13(10)14(15(32-18)16(23)30)27-17(31)9-5-24-28(2)7-9/h4-7H,1-3H3,(H2,23,30)(H,27,31). The van der Waals surface area contributed by atoms with Gasteiger partial charge in [0.1, 0.15) is 15.4 Å². The minimum atomic E-state index is -4.73. The molecule has 4 rings (SSSR count). The zero-order valence-corrected chi connectivity index (χ0v) is 17.8. The van der Waals surface area contributed by atoms with Gasteiger partial charge in [-0.1, -0.05) is 0 Å². The number of hydrogen-bond donors (Lipinski definition) is 2. The second-order valence-corrected chi connectivity index (χ2v) is 8.03. The van der Waals surface area contributed by atoms with Crippen LogP contribution in [-0.4, -0.2) is 36.4 Å². The van der Waals surface area contributed by atoms with Gasteiger partial charge in [-0.05, 0) is 18.6 Å². The van der Waals surface area contributed by atoms with Crippen molar-refractivity contribution in [2.45, 2.75) is 13.1 Å². The SMILES string of the molecule is Cc1c(-c2cc(C(F)(F)F)nc3sc(C(N)=O)c(NC(=O)c4cnn(C)c4)c23)cnn1C. The summed E-state index contributed by atoms with van der Waals surface area (Å²) >= 11 is 0.678. The Morgan fingerprint density at radius 3 is 2.41 bits per heavy atom. The summed E-state index contributed by atoms with van der Waals surface area (Å²) in [7, 11) is 3.27. The van der Waals surface area contributed by atoms with Gasteiger partial charge in [-0.25, -0.2) is 4.98 Å². The van der Waals surface area contributed by atoms with Crippen molar-refractivity contribution in [3.8, 4) is 11.1 Å². The topological polar surface area (TPSA) is 121 Å². The third-order valence-corrected chi connectivity index (χ3v) is 6.01. The van der Waals surface area contributed by atoms with Gasteiger partial charge in [-0.3, -0.25) is 19.0 Å². The summed E-state index contributed by atoms with van der Waals surface area (Å²) in [6.07, 6.45) is -0.534. The number of nitrogens with two attached hydrogens (primary N) is 1. The number of carbonyl (C=O) groups excluding carboxylic acids is 2. The van der Waals surface area contributed by atoms with E-state index in [1.807, 2.05) is 0 Å². The predicted octanol–water partition coefficient (Wildman–Crippen LogP) is 3.11. The molecule has 0 unspecified atom stereocenters. The first-order valence-electron chi connectivity index (χ1n) is 9.11. The molecule has 13 heteroatoms. The van der Waals surface area contributed by atoms with E-state index in [0.29, 0.717) is 22.6 Å². The van der Waals surface area contributed by atoms with Gasteiger partial charge in [-0.15, -0.1) is 11.3 Å². The summed E-state index contributed by atoms with van der Waals surface area (Å²) in [5.41, 5.74) is 5.64. The van der Waals surface area contributed by atoms with Crippen LogP contribution in [0.1, 0.15) is 31.4 Å². The molecule has 9 nitrogen and oxygen atoms in total. The maximum absolute atomic E-state index is 13.6. The number of aromatic nitrogens is 5. The molecule has 166 valence electrons. The van der Waals surface area contributed by atoms with Crippen LogP contribution in [-0.2, 0) is 20.3 Å². The van der Waals surface area contributed by atoms with Gasteiger partial charge in [-0.2, -0.15) is 23.4 Å². The Morgan fingerprint density at radius 2 is 1.88 bits per heavy atom. The Bertz CT molecular complexity index is 1380. The van der Waals surface area contributed by atoms with Gasteiger partial charge in [0, 0.05) is 36.9 Å². The van der Waals surface area contributed by atoms with Gasteiger partial charge >= 0.3 is 6.18 Å². The van der Waals surface area contributed by atoms with Crippen molar-refractivity contribution in [1.82, 2.24) is 24.5 Å². The highest BCUT2D eigenvalue weighted by Gasteiger charge is 2.35. The Morgan fingerprint density at radius 1 is 1.16 bits per heavy atom. The molecule has 4 aromatic heterocycles. The summed E-state index contributed by atoms with van der Waals surface area (Å²) < 4.78 is 43.6. The van der Waals surface area contributed by atoms with E-state index in [0.717, 1.165) is 6.07 Å². The predicted molar refractivity (Wildman–Crippen MR) is 111 cm³/mol. The lowest BCUT2D eigenvalue weighted by molar-refractivity contribution is -0.140. The number of hydrogen-bond acceptors (Lipinski definition) is 6.